The third-order valence-corrected chi connectivity index (χ3v) is 4.73. The van der Waals surface area contributed by atoms with Crippen LogP contribution in [0.25, 0.3) is 0 Å². The Morgan fingerprint density at radius 3 is 2.04 bits per heavy atom. The molecule has 0 radical (unpaired) electrons. The molecule has 1 aliphatic rings. The number of halogens is 1. The van der Waals surface area contributed by atoms with E-state index in [4.69, 9.17) is 16.6 Å². The largest absolute Gasteiger partial charge is 0.343 e. The summed E-state index contributed by atoms with van der Waals surface area (Å²) in [5.74, 6) is 1.01. The SMILES string of the molecule is Clc1cccc(C2=NCCN2C(c2ccccc2)c2ccccc2)c1. The molecule has 25 heavy (non-hydrogen) atoms. The van der Waals surface area contributed by atoms with E-state index in [0.717, 1.165) is 29.5 Å². The van der Waals surface area contributed by atoms with E-state index in [9.17, 15) is 0 Å². The number of nitrogens with zero attached hydrogens (tertiary/aromatic N) is 2. The Morgan fingerprint density at radius 1 is 0.800 bits per heavy atom. The monoisotopic (exact) mass is 346 g/mol. The van der Waals surface area contributed by atoms with Crippen LogP contribution in [-0.4, -0.2) is 23.8 Å². The van der Waals surface area contributed by atoms with Crippen molar-refractivity contribution in [3.8, 4) is 0 Å². The van der Waals surface area contributed by atoms with E-state index in [1.54, 1.807) is 0 Å². The fourth-order valence-corrected chi connectivity index (χ4v) is 3.61. The van der Waals surface area contributed by atoms with Crippen LogP contribution in [0, 0.1) is 0 Å². The van der Waals surface area contributed by atoms with Crippen LogP contribution in [0.3, 0.4) is 0 Å². The predicted octanol–water partition coefficient (Wildman–Crippen LogP) is 5.19. The molecule has 0 amide bonds. The van der Waals surface area contributed by atoms with Gasteiger partial charge in [0.2, 0.25) is 0 Å². The third kappa shape index (κ3) is 3.31. The van der Waals surface area contributed by atoms with Gasteiger partial charge in [-0.3, -0.25) is 4.99 Å². The summed E-state index contributed by atoms with van der Waals surface area (Å²) in [6, 6.07) is 29.3. The van der Waals surface area contributed by atoms with E-state index in [2.05, 4.69) is 71.6 Å². The summed E-state index contributed by atoms with van der Waals surface area (Å²) in [7, 11) is 0. The first-order valence-electron chi connectivity index (χ1n) is 8.50. The first-order valence-corrected chi connectivity index (χ1v) is 8.87. The van der Waals surface area contributed by atoms with Gasteiger partial charge in [-0.25, -0.2) is 0 Å². The Kier molecular flexibility index (Phi) is 4.53. The minimum absolute atomic E-state index is 0.141. The molecular formula is C22H19ClN2. The van der Waals surface area contributed by atoms with Crippen LogP contribution >= 0.6 is 11.6 Å². The second-order valence-electron chi connectivity index (χ2n) is 6.13. The summed E-state index contributed by atoms with van der Waals surface area (Å²) < 4.78 is 0. The second kappa shape index (κ2) is 7.12. The van der Waals surface area contributed by atoms with Crippen molar-refractivity contribution in [1.29, 1.82) is 0 Å². The fraction of sp³-hybridized carbons (Fsp3) is 0.136. The lowest BCUT2D eigenvalue weighted by molar-refractivity contribution is 0.389. The molecule has 0 saturated heterocycles. The molecule has 1 aliphatic heterocycles. The summed E-state index contributed by atoms with van der Waals surface area (Å²) >= 11 is 6.21. The van der Waals surface area contributed by atoms with Gasteiger partial charge in [0.1, 0.15) is 5.84 Å². The maximum atomic E-state index is 6.21. The van der Waals surface area contributed by atoms with Crippen molar-refractivity contribution in [3.05, 3.63) is 107 Å². The van der Waals surface area contributed by atoms with Gasteiger partial charge in [-0.2, -0.15) is 0 Å². The molecule has 3 aromatic rings. The molecule has 0 aliphatic carbocycles. The van der Waals surface area contributed by atoms with Crippen molar-refractivity contribution in [1.82, 2.24) is 4.90 Å². The Bertz CT molecular complexity index is 835. The average molecular weight is 347 g/mol. The van der Waals surface area contributed by atoms with Crippen LogP contribution in [0.5, 0.6) is 0 Å². The molecule has 3 aromatic carbocycles. The normalized spacial score (nSPS) is 14.0. The van der Waals surface area contributed by atoms with E-state index in [0.29, 0.717) is 0 Å². The zero-order valence-corrected chi connectivity index (χ0v) is 14.6. The maximum absolute atomic E-state index is 6.21. The number of hydrogen-bond acceptors (Lipinski definition) is 2. The zero-order chi connectivity index (χ0) is 17.1. The Hall–Kier alpha value is -2.58. The molecule has 0 bridgehead atoms. The van der Waals surface area contributed by atoms with Gasteiger partial charge in [0.25, 0.3) is 0 Å². The van der Waals surface area contributed by atoms with Gasteiger partial charge in [0, 0.05) is 17.1 Å². The predicted molar refractivity (Wildman–Crippen MR) is 104 cm³/mol. The number of aliphatic imine (C=N–C) groups is 1. The summed E-state index contributed by atoms with van der Waals surface area (Å²) in [6.45, 7) is 1.70. The number of benzene rings is 3. The van der Waals surface area contributed by atoms with Crippen LogP contribution < -0.4 is 0 Å². The molecule has 0 spiro atoms. The molecule has 4 rings (SSSR count). The van der Waals surface area contributed by atoms with E-state index < -0.39 is 0 Å². The Labute approximate surface area is 153 Å². The van der Waals surface area contributed by atoms with E-state index in [1.807, 2.05) is 18.2 Å². The standard InChI is InChI=1S/C22H19ClN2/c23-20-13-7-12-19(16-20)22-24-14-15-25(22)21(17-8-3-1-4-9-17)18-10-5-2-6-11-18/h1-13,16,21H,14-15H2. The topological polar surface area (TPSA) is 15.6 Å². The second-order valence-corrected chi connectivity index (χ2v) is 6.57. The minimum atomic E-state index is 0.141. The van der Waals surface area contributed by atoms with Gasteiger partial charge in [-0.1, -0.05) is 84.4 Å². The highest BCUT2D eigenvalue weighted by atomic mass is 35.5. The van der Waals surface area contributed by atoms with Crippen molar-refractivity contribution in [2.24, 2.45) is 4.99 Å². The summed E-state index contributed by atoms with van der Waals surface area (Å²) in [4.78, 5) is 7.17. The Morgan fingerprint density at radius 2 is 1.44 bits per heavy atom. The summed E-state index contributed by atoms with van der Waals surface area (Å²) in [5.41, 5.74) is 3.61. The maximum Gasteiger partial charge on any atom is 0.131 e. The van der Waals surface area contributed by atoms with E-state index in [-0.39, 0.29) is 6.04 Å². The van der Waals surface area contributed by atoms with Crippen molar-refractivity contribution in [2.75, 3.05) is 13.1 Å². The van der Waals surface area contributed by atoms with Gasteiger partial charge in [0.15, 0.2) is 0 Å². The lowest BCUT2D eigenvalue weighted by atomic mass is 9.96. The Balaban J connectivity index is 1.78. The lowest BCUT2D eigenvalue weighted by Crippen LogP contribution is -2.33. The van der Waals surface area contributed by atoms with Crippen LogP contribution in [0.2, 0.25) is 5.02 Å². The van der Waals surface area contributed by atoms with Gasteiger partial charge in [-0.15, -0.1) is 0 Å². The van der Waals surface area contributed by atoms with Crippen molar-refractivity contribution < 1.29 is 0 Å². The van der Waals surface area contributed by atoms with Crippen molar-refractivity contribution in [3.63, 3.8) is 0 Å². The van der Waals surface area contributed by atoms with Gasteiger partial charge >= 0.3 is 0 Å². The van der Waals surface area contributed by atoms with Gasteiger partial charge < -0.3 is 4.90 Å². The smallest absolute Gasteiger partial charge is 0.131 e. The molecule has 0 unspecified atom stereocenters. The first-order chi connectivity index (χ1) is 12.3. The van der Waals surface area contributed by atoms with Crippen molar-refractivity contribution >= 4 is 17.4 Å². The molecule has 3 heteroatoms. The van der Waals surface area contributed by atoms with Crippen molar-refractivity contribution in [2.45, 2.75) is 6.04 Å². The van der Waals surface area contributed by atoms with E-state index >= 15 is 0 Å². The molecule has 1 heterocycles. The van der Waals surface area contributed by atoms with Crippen LogP contribution in [-0.2, 0) is 0 Å². The average Bonchev–Trinajstić information content (AvgIpc) is 3.13. The summed E-state index contributed by atoms with van der Waals surface area (Å²) in [5, 5.41) is 0.739. The molecule has 0 aromatic heterocycles. The van der Waals surface area contributed by atoms with Gasteiger partial charge in [-0.05, 0) is 23.3 Å². The van der Waals surface area contributed by atoms with E-state index in [1.165, 1.54) is 11.1 Å². The number of amidine groups is 1. The number of hydrogen-bond donors (Lipinski definition) is 0. The summed E-state index contributed by atoms with van der Waals surface area (Å²) in [6.07, 6.45) is 0. The van der Waals surface area contributed by atoms with Crippen LogP contribution in [0.1, 0.15) is 22.7 Å². The highest BCUT2D eigenvalue weighted by Gasteiger charge is 2.28. The highest BCUT2D eigenvalue weighted by molar-refractivity contribution is 6.31. The fourth-order valence-electron chi connectivity index (χ4n) is 3.42. The molecule has 2 nitrogen and oxygen atoms in total. The first kappa shape index (κ1) is 15.9. The third-order valence-electron chi connectivity index (χ3n) is 4.50. The van der Waals surface area contributed by atoms with Gasteiger partial charge in [0.05, 0.1) is 12.6 Å². The minimum Gasteiger partial charge on any atom is -0.343 e. The molecule has 124 valence electrons. The molecule has 0 fully saturated rings. The molecule has 0 N–H and O–H groups in total. The van der Waals surface area contributed by atoms with Crippen LogP contribution in [0.4, 0.5) is 0 Å². The zero-order valence-electron chi connectivity index (χ0n) is 13.8. The quantitative estimate of drug-likeness (QED) is 0.634. The highest BCUT2D eigenvalue weighted by Crippen LogP contribution is 2.32. The molecule has 0 atom stereocenters. The molecule has 0 saturated carbocycles. The lowest BCUT2D eigenvalue weighted by Gasteiger charge is -2.31. The molecular weight excluding hydrogens is 328 g/mol. The van der Waals surface area contributed by atoms with Crippen LogP contribution in [0.15, 0.2) is 89.9 Å². The number of rotatable bonds is 4.